The average molecular weight is 469 g/mol. The minimum atomic E-state index is -0.347. The van der Waals surface area contributed by atoms with E-state index in [1.807, 2.05) is 60.7 Å². The Morgan fingerprint density at radius 3 is 2.34 bits per heavy atom. The van der Waals surface area contributed by atoms with Gasteiger partial charge < -0.3 is 14.3 Å². The van der Waals surface area contributed by atoms with Gasteiger partial charge in [0.1, 0.15) is 6.10 Å². The van der Waals surface area contributed by atoms with Crippen molar-refractivity contribution >= 4 is 34.0 Å². The van der Waals surface area contributed by atoms with Crippen molar-refractivity contribution in [2.24, 2.45) is 34.7 Å². The summed E-state index contributed by atoms with van der Waals surface area (Å²) in [7, 11) is 3.20. The Labute approximate surface area is 202 Å². The summed E-state index contributed by atoms with van der Waals surface area (Å²) >= 11 is 0. The van der Waals surface area contributed by atoms with Crippen molar-refractivity contribution in [3.05, 3.63) is 66.2 Å². The Kier molecular flexibility index (Phi) is 4.28. The van der Waals surface area contributed by atoms with Gasteiger partial charge in [-0.15, -0.1) is 0 Å². The third-order valence-corrected chi connectivity index (χ3v) is 8.36. The number of benzene rings is 3. The fraction of sp³-hybridized carbons (Fsp3) is 0.321. The van der Waals surface area contributed by atoms with Gasteiger partial charge in [0, 0.05) is 17.4 Å². The monoisotopic (exact) mass is 468 g/mol. The third kappa shape index (κ3) is 2.69. The molecule has 2 heterocycles. The first-order chi connectivity index (χ1) is 17.1. The predicted molar refractivity (Wildman–Crippen MR) is 129 cm³/mol. The van der Waals surface area contributed by atoms with E-state index in [1.165, 1.54) is 4.90 Å². The molecule has 4 aliphatic rings. The van der Waals surface area contributed by atoms with Gasteiger partial charge in [0.2, 0.25) is 11.8 Å². The van der Waals surface area contributed by atoms with E-state index in [1.54, 1.807) is 14.2 Å². The van der Waals surface area contributed by atoms with Crippen LogP contribution in [0.1, 0.15) is 12.0 Å². The Hall–Kier alpha value is -3.87. The van der Waals surface area contributed by atoms with E-state index in [2.05, 4.69) is 5.16 Å². The van der Waals surface area contributed by atoms with E-state index < -0.39 is 0 Å². The average Bonchev–Trinajstić information content (AvgIpc) is 3.63. The van der Waals surface area contributed by atoms with Gasteiger partial charge >= 0.3 is 0 Å². The van der Waals surface area contributed by atoms with E-state index >= 15 is 0 Å². The van der Waals surface area contributed by atoms with Crippen LogP contribution in [-0.4, -0.2) is 37.8 Å². The second kappa shape index (κ2) is 7.31. The van der Waals surface area contributed by atoms with Crippen LogP contribution in [-0.2, 0) is 14.4 Å². The number of ether oxygens (including phenoxy) is 2. The smallest absolute Gasteiger partial charge is 0.238 e. The molecule has 35 heavy (non-hydrogen) atoms. The molecule has 6 atom stereocenters. The van der Waals surface area contributed by atoms with Gasteiger partial charge in [-0.1, -0.05) is 35.5 Å². The molecule has 0 N–H and O–H groups in total. The lowest BCUT2D eigenvalue weighted by atomic mass is 9.71. The lowest BCUT2D eigenvalue weighted by Gasteiger charge is -2.29. The Morgan fingerprint density at radius 2 is 1.57 bits per heavy atom. The van der Waals surface area contributed by atoms with Gasteiger partial charge in [0.15, 0.2) is 11.5 Å². The molecule has 3 aromatic rings. The Balaban J connectivity index is 1.23. The van der Waals surface area contributed by atoms with Gasteiger partial charge in [-0.25, -0.2) is 0 Å². The quantitative estimate of drug-likeness (QED) is 0.541. The lowest BCUT2D eigenvalue weighted by molar-refractivity contribution is -0.125. The number of fused-ring (bicyclic) bond motifs is 9. The minimum Gasteiger partial charge on any atom is -0.493 e. The summed E-state index contributed by atoms with van der Waals surface area (Å²) < 4.78 is 10.8. The van der Waals surface area contributed by atoms with E-state index in [4.69, 9.17) is 14.3 Å². The molecule has 0 aromatic heterocycles. The molecule has 2 bridgehead atoms. The van der Waals surface area contributed by atoms with Crippen LogP contribution in [0.15, 0.2) is 65.8 Å². The predicted octanol–water partition coefficient (Wildman–Crippen LogP) is 4.03. The highest BCUT2D eigenvalue weighted by molar-refractivity contribution is 6.23. The van der Waals surface area contributed by atoms with Gasteiger partial charge in [-0.05, 0) is 53.4 Å². The maximum atomic E-state index is 13.7. The van der Waals surface area contributed by atoms with Gasteiger partial charge in [-0.3, -0.25) is 14.5 Å². The first-order valence-electron chi connectivity index (χ1n) is 11.9. The van der Waals surface area contributed by atoms with Crippen LogP contribution >= 0.6 is 0 Å². The van der Waals surface area contributed by atoms with Crippen LogP contribution in [0.25, 0.3) is 10.8 Å². The number of methoxy groups -OCH3 is 2. The van der Waals surface area contributed by atoms with Crippen molar-refractivity contribution in [2.45, 2.75) is 12.5 Å². The molecule has 3 fully saturated rings. The number of hydrogen-bond donors (Lipinski definition) is 0. The second-order valence-corrected chi connectivity index (χ2v) is 9.80. The number of imide groups is 1. The van der Waals surface area contributed by atoms with E-state index in [0.29, 0.717) is 17.2 Å². The van der Waals surface area contributed by atoms with Gasteiger partial charge in [0.25, 0.3) is 0 Å². The molecule has 176 valence electrons. The molecule has 7 nitrogen and oxygen atoms in total. The van der Waals surface area contributed by atoms with Crippen LogP contribution in [0, 0.1) is 29.6 Å². The molecule has 2 aliphatic heterocycles. The Bertz CT molecular complexity index is 1430. The molecule has 7 heteroatoms. The number of carbonyl (C=O) groups is 2. The zero-order chi connectivity index (χ0) is 23.8. The second-order valence-electron chi connectivity index (χ2n) is 9.80. The molecule has 2 amide bonds. The minimum absolute atomic E-state index is 0.0155. The first kappa shape index (κ1) is 20.5. The first-order valence-corrected chi connectivity index (χ1v) is 11.9. The molecule has 1 saturated heterocycles. The Morgan fingerprint density at radius 1 is 0.829 bits per heavy atom. The fourth-order valence-electron chi connectivity index (χ4n) is 6.93. The number of nitrogens with zero attached hydrogens (tertiary/aromatic N) is 2. The van der Waals surface area contributed by atoms with E-state index in [9.17, 15) is 9.59 Å². The highest BCUT2D eigenvalue weighted by Gasteiger charge is 2.70. The van der Waals surface area contributed by atoms with E-state index in [0.717, 1.165) is 28.5 Å². The number of rotatable bonds is 4. The third-order valence-electron chi connectivity index (χ3n) is 8.36. The number of carbonyl (C=O) groups excluding carboxylic acids is 2. The largest absolute Gasteiger partial charge is 0.493 e. The summed E-state index contributed by atoms with van der Waals surface area (Å²) in [5.41, 5.74) is 2.36. The van der Waals surface area contributed by atoms with Crippen molar-refractivity contribution in [1.82, 2.24) is 0 Å². The van der Waals surface area contributed by atoms with Crippen molar-refractivity contribution in [3.63, 3.8) is 0 Å². The molecule has 0 unspecified atom stereocenters. The number of amides is 2. The maximum Gasteiger partial charge on any atom is 0.238 e. The van der Waals surface area contributed by atoms with Crippen molar-refractivity contribution < 1.29 is 23.9 Å². The molecule has 0 spiro atoms. The number of hydrogen-bond acceptors (Lipinski definition) is 6. The standard InChI is InChI=1S/C28H24N2O5/c1-33-20-10-8-16(12-21(20)34-2)25-24-18-13-19(26(24)35-29-25)23-22(18)27(31)30(28(23)32)17-9-7-14-5-3-4-6-15(14)11-17/h3-12,18-19,22-24,26H,13H2,1-2H3/t18-,19+,22+,23-,24-,26-/m1/s1. The van der Waals surface area contributed by atoms with Crippen LogP contribution in [0.3, 0.4) is 0 Å². The van der Waals surface area contributed by atoms with Gasteiger partial charge in [-0.2, -0.15) is 0 Å². The molecule has 7 rings (SSSR count). The fourth-order valence-corrected chi connectivity index (χ4v) is 6.93. The van der Waals surface area contributed by atoms with Crippen molar-refractivity contribution in [3.8, 4) is 11.5 Å². The zero-order valence-electron chi connectivity index (χ0n) is 19.4. The number of oxime groups is 1. The molecule has 2 saturated carbocycles. The van der Waals surface area contributed by atoms with Crippen molar-refractivity contribution in [1.29, 1.82) is 0 Å². The summed E-state index contributed by atoms with van der Waals surface area (Å²) in [4.78, 5) is 34.7. The summed E-state index contributed by atoms with van der Waals surface area (Å²) in [6.07, 6.45) is 0.623. The van der Waals surface area contributed by atoms with Crippen molar-refractivity contribution in [2.75, 3.05) is 19.1 Å². The zero-order valence-corrected chi connectivity index (χ0v) is 19.4. The van der Waals surface area contributed by atoms with Crippen LogP contribution in [0.2, 0.25) is 0 Å². The molecule has 0 radical (unpaired) electrons. The van der Waals surface area contributed by atoms with Gasteiger partial charge in [0.05, 0.1) is 37.5 Å². The van der Waals surface area contributed by atoms with Crippen LogP contribution < -0.4 is 14.4 Å². The summed E-state index contributed by atoms with van der Waals surface area (Å²) in [5, 5.41) is 6.52. The normalized spacial score (nSPS) is 30.3. The van der Waals surface area contributed by atoms with Crippen LogP contribution in [0.5, 0.6) is 11.5 Å². The van der Waals surface area contributed by atoms with Crippen LogP contribution in [0.4, 0.5) is 5.69 Å². The molecule has 3 aromatic carbocycles. The summed E-state index contributed by atoms with van der Waals surface area (Å²) in [6.45, 7) is 0. The topological polar surface area (TPSA) is 77.4 Å². The molecular formula is C28H24N2O5. The van der Waals surface area contributed by atoms with E-state index in [-0.39, 0.29) is 47.5 Å². The summed E-state index contributed by atoms with van der Waals surface area (Å²) in [5.74, 6) is 0.350. The maximum absolute atomic E-state index is 13.7. The highest BCUT2D eigenvalue weighted by atomic mass is 16.6. The molecular weight excluding hydrogens is 444 g/mol. The highest BCUT2D eigenvalue weighted by Crippen LogP contribution is 2.62. The summed E-state index contributed by atoms with van der Waals surface area (Å²) in [6, 6.07) is 19.4. The lowest BCUT2D eigenvalue weighted by Crippen LogP contribution is -2.41. The number of anilines is 1. The SMILES string of the molecule is COc1ccc(C2=NO[C@@H]3[C@H]4C[C@@H]([C@H]23)[C@@H]2C(=O)N(c3ccc5ccccc5c3)C(=O)[C@H]42)cc1OC. The molecule has 2 aliphatic carbocycles.